The molecular weight excluding hydrogens is 221 g/mol. The lowest BCUT2D eigenvalue weighted by atomic mass is 9.96. The molecule has 0 aliphatic carbocycles. The molecule has 90 valence electrons. The fraction of sp³-hybridized carbons (Fsp3) is 0.385. The van der Waals surface area contributed by atoms with Crippen LogP contribution in [-0.2, 0) is 4.79 Å². The molecule has 17 heavy (non-hydrogen) atoms. The first kappa shape index (κ1) is 11.8. The first-order valence-electron chi connectivity index (χ1n) is 5.53. The number of aryl methyl sites for hydroxylation is 1. The Balaban J connectivity index is 2.23. The quantitative estimate of drug-likeness (QED) is 0.733. The van der Waals surface area contributed by atoms with Gasteiger partial charge in [0.15, 0.2) is 5.78 Å². The molecule has 0 aromatic heterocycles. The molecule has 0 radical (unpaired) electrons. The Morgan fingerprint density at radius 2 is 2.18 bits per heavy atom. The Bertz CT molecular complexity index is 484. The molecule has 0 bridgehead atoms. The molecule has 1 heterocycles. The molecule has 3 nitrogen and oxygen atoms in total. The first-order valence-corrected chi connectivity index (χ1v) is 5.53. The molecule has 1 aliphatic heterocycles. The lowest BCUT2D eigenvalue weighted by Gasteiger charge is -2.10. The second-order valence-corrected chi connectivity index (χ2v) is 4.52. The van der Waals surface area contributed by atoms with Crippen molar-refractivity contribution in [3.63, 3.8) is 0 Å². The van der Waals surface area contributed by atoms with Gasteiger partial charge in [-0.05, 0) is 24.6 Å². The van der Waals surface area contributed by atoms with Crippen molar-refractivity contribution >= 4 is 11.7 Å². The van der Waals surface area contributed by atoms with Crippen molar-refractivity contribution in [3.05, 3.63) is 35.1 Å². The summed E-state index contributed by atoms with van der Waals surface area (Å²) in [7, 11) is 1.65. The molecule has 1 aromatic rings. The van der Waals surface area contributed by atoms with Gasteiger partial charge >= 0.3 is 0 Å². The number of nitrogens with zero attached hydrogens (tertiary/aromatic N) is 1. The van der Waals surface area contributed by atoms with Crippen molar-refractivity contribution < 1.29 is 14.0 Å². The van der Waals surface area contributed by atoms with Gasteiger partial charge in [-0.15, -0.1) is 0 Å². The summed E-state index contributed by atoms with van der Waals surface area (Å²) in [4.78, 5) is 24.9. The van der Waals surface area contributed by atoms with E-state index in [1.54, 1.807) is 20.0 Å². The van der Waals surface area contributed by atoms with Crippen molar-refractivity contribution in [1.82, 2.24) is 4.90 Å². The maximum absolute atomic E-state index is 13.6. The molecular formula is C13H14FNO2. The summed E-state index contributed by atoms with van der Waals surface area (Å²) in [6, 6.07) is 4.54. The zero-order chi connectivity index (χ0) is 12.6. The maximum atomic E-state index is 13.6. The number of halogens is 1. The Hall–Kier alpha value is -1.71. The molecule has 1 unspecified atom stereocenters. The summed E-state index contributed by atoms with van der Waals surface area (Å²) < 4.78 is 13.6. The summed E-state index contributed by atoms with van der Waals surface area (Å²) in [6.45, 7) is 2.15. The van der Waals surface area contributed by atoms with E-state index in [1.807, 2.05) is 0 Å². The van der Waals surface area contributed by atoms with Gasteiger partial charge in [0.05, 0.1) is 5.56 Å². The van der Waals surface area contributed by atoms with Gasteiger partial charge in [0, 0.05) is 25.9 Å². The van der Waals surface area contributed by atoms with Crippen molar-refractivity contribution in [2.75, 3.05) is 13.6 Å². The SMILES string of the molecule is Cc1ccc(C(=O)C2CC(=O)N(C)C2)c(F)c1. The zero-order valence-electron chi connectivity index (χ0n) is 9.87. The first-order chi connectivity index (χ1) is 7.99. The van der Waals surface area contributed by atoms with Gasteiger partial charge in [0.25, 0.3) is 0 Å². The number of Topliss-reactive ketones (excluding diaryl/α,β-unsaturated/α-hetero) is 1. The highest BCUT2D eigenvalue weighted by Gasteiger charge is 2.33. The van der Waals surface area contributed by atoms with Crippen LogP contribution in [0, 0.1) is 18.7 Å². The van der Waals surface area contributed by atoms with E-state index in [9.17, 15) is 14.0 Å². The van der Waals surface area contributed by atoms with E-state index in [2.05, 4.69) is 0 Å². The monoisotopic (exact) mass is 235 g/mol. The average molecular weight is 235 g/mol. The normalized spacial score (nSPS) is 19.8. The second kappa shape index (κ2) is 4.28. The van der Waals surface area contributed by atoms with Gasteiger partial charge in [0.2, 0.25) is 5.91 Å². The van der Waals surface area contributed by atoms with Crippen molar-refractivity contribution in [2.45, 2.75) is 13.3 Å². The summed E-state index contributed by atoms with van der Waals surface area (Å²) >= 11 is 0. The number of ketones is 1. The largest absolute Gasteiger partial charge is 0.345 e. The lowest BCUT2D eigenvalue weighted by Crippen LogP contribution is -2.22. The van der Waals surface area contributed by atoms with E-state index in [4.69, 9.17) is 0 Å². The minimum atomic E-state index is -0.503. The van der Waals surface area contributed by atoms with Crippen LogP contribution in [0.5, 0.6) is 0 Å². The Morgan fingerprint density at radius 1 is 1.47 bits per heavy atom. The van der Waals surface area contributed by atoms with Crippen molar-refractivity contribution in [2.24, 2.45) is 5.92 Å². The zero-order valence-corrected chi connectivity index (χ0v) is 9.87. The number of hydrogen-bond acceptors (Lipinski definition) is 2. The molecule has 0 N–H and O–H groups in total. The molecule has 1 aliphatic rings. The Kier molecular flexibility index (Phi) is 2.96. The van der Waals surface area contributed by atoms with Crippen LogP contribution in [0.3, 0.4) is 0 Å². The van der Waals surface area contributed by atoms with Crippen molar-refractivity contribution in [1.29, 1.82) is 0 Å². The average Bonchev–Trinajstić information content (AvgIpc) is 2.58. The fourth-order valence-electron chi connectivity index (χ4n) is 2.08. The third-order valence-electron chi connectivity index (χ3n) is 3.10. The number of rotatable bonds is 2. The fourth-order valence-corrected chi connectivity index (χ4v) is 2.08. The molecule has 0 spiro atoms. The van der Waals surface area contributed by atoms with E-state index < -0.39 is 11.7 Å². The van der Waals surface area contributed by atoms with E-state index in [-0.39, 0.29) is 23.7 Å². The lowest BCUT2D eigenvalue weighted by molar-refractivity contribution is -0.126. The summed E-state index contributed by atoms with van der Waals surface area (Å²) in [5, 5.41) is 0. The van der Waals surface area contributed by atoms with Gasteiger partial charge in [-0.2, -0.15) is 0 Å². The van der Waals surface area contributed by atoms with Crippen LogP contribution in [0.1, 0.15) is 22.3 Å². The Labute approximate surface area is 99.2 Å². The van der Waals surface area contributed by atoms with Crippen LogP contribution in [0.2, 0.25) is 0 Å². The van der Waals surface area contributed by atoms with E-state index >= 15 is 0 Å². The minimum Gasteiger partial charge on any atom is -0.345 e. The van der Waals surface area contributed by atoms with Crippen LogP contribution in [-0.4, -0.2) is 30.2 Å². The predicted octanol–water partition coefficient (Wildman–Crippen LogP) is 1.80. The molecule has 1 aromatic carbocycles. The molecule has 1 amide bonds. The number of likely N-dealkylation sites (tertiary alicyclic amines) is 1. The van der Waals surface area contributed by atoms with Crippen LogP contribution in [0.4, 0.5) is 4.39 Å². The van der Waals surface area contributed by atoms with Crippen LogP contribution >= 0.6 is 0 Å². The van der Waals surface area contributed by atoms with Crippen LogP contribution in [0.25, 0.3) is 0 Å². The summed E-state index contributed by atoms with van der Waals surface area (Å²) in [5.74, 6) is -1.25. The Morgan fingerprint density at radius 3 is 2.71 bits per heavy atom. The number of benzene rings is 1. The van der Waals surface area contributed by atoms with E-state index in [0.29, 0.717) is 6.54 Å². The number of amides is 1. The van der Waals surface area contributed by atoms with Gasteiger partial charge in [-0.3, -0.25) is 9.59 Å². The molecule has 1 fully saturated rings. The highest BCUT2D eigenvalue weighted by Crippen LogP contribution is 2.22. The number of hydrogen-bond donors (Lipinski definition) is 0. The third-order valence-corrected chi connectivity index (χ3v) is 3.10. The molecule has 1 atom stereocenters. The minimum absolute atomic E-state index is 0.0594. The molecule has 4 heteroatoms. The third kappa shape index (κ3) is 2.20. The highest BCUT2D eigenvalue weighted by atomic mass is 19.1. The van der Waals surface area contributed by atoms with Gasteiger partial charge < -0.3 is 4.90 Å². The number of carbonyl (C=O) groups is 2. The second-order valence-electron chi connectivity index (χ2n) is 4.52. The predicted molar refractivity (Wildman–Crippen MR) is 61.2 cm³/mol. The maximum Gasteiger partial charge on any atom is 0.223 e. The molecule has 0 saturated carbocycles. The van der Waals surface area contributed by atoms with Crippen LogP contribution < -0.4 is 0 Å². The molecule has 1 saturated heterocycles. The highest BCUT2D eigenvalue weighted by molar-refractivity contribution is 6.01. The van der Waals surface area contributed by atoms with Crippen LogP contribution in [0.15, 0.2) is 18.2 Å². The van der Waals surface area contributed by atoms with E-state index in [0.717, 1.165) is 5.56 Å². The van der Waals surface area contributed by atoms with Gasteiger partial charge in [0.1, 0.15) is 5.82 Å². The van der Waals surface area contributed by atoms with Crippen molar-refractivity contribution in [3.8, 4) is 0 Å². The van der Waals surface area contributed by atoms with Gasteiger partial charge in [-0.1, -0.05) is 6.07 Å². The summed E-state index contributed by atoms with van der Waals surface area (Å²) in [5.41, 5.74) is 0.863. The van der Waals surface area contributed by atoms with Gasteiger partial charge in [-0.25, -0.2) is 4.39 Å². The smallest absolute Gasteiger partial charge is 0.223 e. The molecule has 2 rings (SSSR count). The topological polar surface area (TPSA) is 37.4 Å². The van der Waals surface area contributed by atoms with E-state index in [1.165, 1.54) is 17.0 Å². The summed E-state index contributed by atoms with van der Waals surface area (Å²) in [6.07, 6.45) is 0.183. The number of carbonyl (C=O) groups excluding carboxylic acids is 2. The standard InChI is InChI=1S/C13H14FNO2/c1-8-3-4-10(11(14)5-8)13(17)9-6-12(16)15(2)7-9/h3-5,9H,6-7H2,1-2H3.